The molecule has 2 aromatic rings. The topological polar surface area (TPSA) is 42.7 Å². The summed E-state index contributed by atoms with van der Waals surface area (Å²) in [6.45, 7) is 4.30. The van der Waals surface area contributed by atoms with Crippen molar-refractivity contribution in [3.8, 4) is 11.3 Å². The molecule has 0 saturated carbocycles. The average molecular weight is 256 g/mol. The summed E-state index contributed by atoms with van der Waals surface area (Å²) in [7, 11) is 2.02. The molecule has 0 spiro atoms. The van der Waals surface area contributed by atoms with E-state index in [2.05, 4.69) is 23.3 Å². The van der Waals surface area contributed by atoms with Crippen LogP contribution in [0.25, 0.3) is 11.3 Å². The summed E-state index contributed by atoms with van der Waals surface area (Å²) in [5.74, 6) is 0.554. The lowest BCUT2D eigenvalue weighted by Crippen LogP contribution is -2.27. The van der Waals surface area contributed by atoms with Gasteiger partial charge in [0, 0.05) is 30.4 Å². The third kappa shape index (κ3) is 2.28. The van der Waals surface area contributed by atoms with Gasteiger partial charge in [-0.25, -0.2) is 0 Å². The van der Waals surface area contributed by atoms with Gasteiger partial charge in [-0.3, -0.25) is 9.67 Å². The fourth-order valence-electron chi connectivity index (χ4n) is 2.84. The monoisotopic (exact) mass is 256 g/mol. The zero-order valence-electron chi connectivity index (χ0n) is 11.6. The average Bonchev–Trinajstić information content (AvgIpc) is 2.77. The first kappa shape index (κ1) is 12.4. The highest BCUT2D eigenvalue weighted by Crippen LogP contribution is 2.34. The van der Waals surface area contributed by atoms with Gasteiger partial charge in [-0.05, 0) is 45.0 Å². The fourth-order valence-corrected chi connectivity index (χ4v) is 2.84. The minimum absolute atomic E-state index is 0.554. The number of aryl methyl sites for hydroxylation is 1. The molecule has 1 fully saturated rings. The number of nitrogens with one attached hydrogen (secondary N) is 1. The number of nitrogens with zero attached hydrogens (tertiary/aromatic N) is 3. The molecular weight excluding hydrogens is 236 g/mol. The molecule has 1 aliphatic heterocycles. The SMILES string of the molecule is Cc1c(-c2ccccn2)c(C2CCNCC2)nn1C. The van der Waals surface area contributed by atoms with E-state index in [0.29, 0.717) is 5.92 Å². The van der Waals surface area contributed by atoms with Crippen LogP contribution in [-0.2, 0) is 7.05 Å². The summed E-state index contributed by atoms with van der Waals surface area (Å²) >= 11 is 0. The molecule has 4 heteroatoms. The first-order chi connectivity index (χ1) is 9.27. The molecule has 4 nitrogen and oxygen atoms in total. The fraction of sp³-hybridized carbons (Fsp3) is 0.467. The highest BCUT2D eigenvalue weighted by Gasteiger charge is 2.24. The van der Waals surface area contributed by atoms with Crippen molar-refractivity contribution < 1.29 is 0 Å². The van der Waals surface area contributed by atoms with E-state index >= 15 is 0 Å². The smallest absolute Gasteiger partial charge is 0.0753 e. The maximum atomic E-state index is 4.76. The van der Waals surface area contributed by atoms with Gasteiger partial charge in [0.15, 0.2) is 0 Å². The van der Waals surface area contributed by atoms with E-state index in [1.807, 2.05) is 30.1 Å². The van der Waals surface area contributed by atoms with Crippen LogP contribution < -0.4 is 5.32 Å². The van der Waals surface area contributed by atoms with E-state index in [-0.39, 0.29) is 0 Å². The van der Waals surface area contributed by atoms with Crippen LogP contribution >= 0.6 is 0 Å². The number of hydrogen-bond donors (Lipinski definition) is 1. The van der Waals surface area contributed by atoms with Gasteiger partial charge in [-0.1, -0.05) is 6.07 Å². The Kier molecular flexibility index (Phi) is 3.34. The Morgan fingerprint density at radius 3 is 2.74 bits per heavy atom. The highest BCUT2D eigenvalue weighted by atomic mass is 15.3. The zero-order valence-corrected chi connectivity index (χ0v) is 11.6. The van der Waals surface area contributed by atoms with Crippen LogP contribution in [0.1, 0.15) is 30.1 Å². The van der Waals surface area contributed by atoms with Crippen molar-refractivity contribution >= 4 is 0 Å². The van der Waals surface area contributed by atoms with Gasteiger partial charge in [0.25, 0.3) is 0 Å². The molecule has 19 heavy (non-hydrogen) atoms. The Bertz CT molecular complexity index is 553. The minimum atomic E-state index is 0.554. The van der Waals surface area contributed by atoms with Gasteiger partial charge in [0.05, 0.1) is 11.4 Å². The zero-order chi connectivity index (χ0) is 13.2. The van der Waals surface area contributed by atoms with E-state index < -0.39 is 0 Å². The Morgan fingerprint density at radius 2 is 2.05 bits per heavy atom. The predicted octanol–water partition coefficient (Wildman–Crippen LogP) is 2.26. The van der Waals surface area contributed by atoms with Crippen molar-refractivity contribution in [2.75, 3.05) is 13.1 Å². The van der Waals surface area contributed by atoms with E-state index in [1.165, 1.54) is 17.0 Å². The molecule has 100 valence electrons. The number of pyridine rings is 1. The summed E-state index contributed by atoms with van der Waals surface area (Å²) in [5.41, 5.74) is 4.70. The molecule has 1 aliphatic rings. The molecular formula is C15H20N4. The lowest BCUT2D eigenvalue weighted by atomic mass is 9.90. The van der Waals surface area contributed by atoms with Crippen LogP contribution in [0, 0.1) is 6.92 Å². The summed E-state index contributed by atoms with van der Waals surface area (Å²) in [6, 6.07) is 6.08. The second-order valence-corrected chi connectivity index (χ2v) is 5.21. The van der Waals surface area contributed by atoms with Gasteiger partial charge in [0.1, 0.15) is 0 Å². The van der Waals surface area contributed by atoms with Crippen LogP contribution in [0.5, 0.6) is 0 Å². The Hall–Kier alpha value is -1.68. The van der Waals surface area contributed by atoms with E-state index in [0.717, 1.165) is 31.6 Å². The predicted molar refractivity (Wildman–Crippen MR) is 76.0 cm³/mol. The van der Waals surface area contributed by atoms with Crippen LogP contribution in [0.3, 0.4) is 0 Å². The molecule has 2 aromatic heterocycles. The third-order valence-electron chi connectivity index (χ3n) is 4.01. The Morgan fingerprint density at radius 1 is 1.26 bits per heavy atom. The summed E-state index contributed by atoms with van der Waals surface area (Å²) in [5, 5.41) is 8.17. The first-order valence-corrected chi connectivity index (χ1v) is 6.93. The third-order valence-corrected chi connectivity index (χ3v) is 4.01. The minimum Gasteiger partial charge on any atom is -0.317 e. The normalized spacial score (nSPS) is 16.7. The lowest BCUT2D eigenvalue weighted by molar-refractivity contribution is 0.450. The van der Waals surface area contributed by atoms with Crippen LogP contribution in [0.15, 0.2) is 24.4 Å². The van der Waals surface area contributed by atoms with Gasteiger partial charge in [-0.2, -0.15) is 5.10 Å². The van der Waals surface area contributed by atoms with E-state index in [9.17, 15) is 0 Å². The molecule has 0 unspecified atom stereocenters. The molecule has 1 saturated heterocycles. The number of piperidine rings is 1. The van der Waals surface area contributed by atoms with Crippen molar-refractivity contribution in [2.24, 2.45) is 7.05 Å². The first-order valence-electron chi connectivity index (χ1n) is 6.93. The molecule has 0 aromatic carbocycles. The largest absolute Gasteiger partial charge is 0.317 e. The number of rotatable bonds is 2. The second-order valence-electron chi connectivity index (χ2n) is 5.21. The Balaban J connectivity index is 2.07. The highest BCUT2D eigenvalue weighted by molar-refractivity contribution is 5.65. The molecule has 0 amide bonds. The maximum Gasteiger partial charge on any atom is 0.0753 e. The molecule has 3 heterocycles. The quantitative estimate of drug-likeness (QED) is 0.896. The molecule has 3 rings (SSSR count). The van der Waals surface area contributed by atoms with Gasteiger partial charge in [-0.15, -0.1) is 0 Å². The van der Waals surface area contributed by atoms with Crippen molar-refractivity contribution in [3.05, 3.63) is 35.8 Å². The number of hydrogen-bond acceptors (Lipinski definition) is 3. The maximum absolute atomic E-state index is 4.76. The molecule has 1 N–H and O–H groups in total. The molecule has 0 radical (unpaired) electrons. The van der Waals surface area contributed by atoms with Crippen molar-refractivity contribution in [2.45, 2.75) is 25.7 Å². The number of aromatic nitrogens is 3. The summed E-state index contributed by atoms with van der Waals surface area (Å²) in [6.07, 6.45) is 4.18. The standard InChI is InChI=1S/C15H20N4/c1-11-14(13-5-3-4-8-17-13)15(18-19(11)2)12-6-9-16-10-7-12/h3-5,8,12,16H,6-7,9-10H2,1-2H3. The van der Waals surface area contributed by atoms with Gasteiger partial charge < -0.3 is 5.32 Å². The van der Waals surface area contributed by atoms with Crippen LogP contribution in [-0.4, -0.2) is 27.9 Å². The lowest BCUT2D eigenvalue weighted by Gasteiger charge is -2.22. The van der Waals surface area contributed by atoms with E-state index in [1.54, 1.807) is 0 Å². The molecule has 0 aliphatic carbocycles. The van der Waals surface area contributed by atoms with Gasteiger partial charge >= 0.3 is 0 Å². The van der Waals surface area contributed by atoms with Crippen molar-refractivity contribution in [1.29, 1.82) is 0 Å². The van der Waals surface area contributed by atoms with Gasteiger partial charge in [0.2, 0.25) is 0 Å². The second kappa shape index (κ2) is 5.13. The Labute approximate surface area is 113 Å². The van der Waals surface area contributed by atoms with Crippen molar-refractivity contribution in [1.82, 2.24) is 20.1 Å². The molecule has 0 atom stereocenters. The van der Waals surface area contributed by atoms with Crippen LogP contribution in [0.4, 0.5) is 0 Å². The summed E-state index contributed by atoms with van der Waals surface area (Å²) < 4.78 is 1.99. The van der Waals surface area contributed by atoms with E-state index in [4.69, 9.17) is 5.10 Å². The summed E-state index contributed by atoms with van der Waals surface area (Å²) in [4.78, 5) is 4.51. The van der Waals surface area contributed by atoms with Crippen molar-refractivity contribution in [3.63, 3.8) is 0 Å². The van der Waals surface area contributed by atoms with Crippen LogP contribution in [0.2, 0.25) is 0 Å². The molecule has 0 bridgehead atoms.